The van der Waals surface area contributed by atoms with Crippen molar-refractivity contribution < 1.29 is 48.3 Å². The molecule has 0 atom stereocenters. The minimum Gasteiger partial charge on any atom is -0.399 e. The van der Waals surface area contributed by atoms with E-state index in [0.29, 0.717) is 12.1 Å². The molecule has 1 aromatic rings. The predicted molar refractivity (Wildman–Crippen MR) is 55.6 cm³/mol. The van der Waals surface area contributed by atoms with Crippen LogP contribution in [0.25, 0.3) is 0 Å². The lowest BCUT2D eigenvalue weighted by Crippen LogP contribution is -2.65. The highest BCUT2D eigenvalue weighted by atomic mass is 19.4. The van der Waals surface area contributed by atoms with Gasteiger partial charge in [-0.25, -0.2) is 0 Å². The molecule has 0 heterocycles. The standard InChI is InChI=1S/C11H6F11N/c12-7(13,5-1-3-6(23)4-2-5)8(14,15)9(16,17)10(18,19)11(20,21)22/h1-4H,23H2. The van der Waals surface area contributed by atoms with Gasteiger partial charge >= 0.3 is 29.9 Å². The van der Waals surface area contributed by atoms with Crippen LogP contribution in [0, 0.1) is 0 Å². The summed E-state index contributed by atoms with van der Waals surface area (Å²) in [6, 6.07) is 1.31. The van der Waals surface area contributed by atoms with Crippen LogP contribution in [0.4, 0.5) is 54.0 Å². The molecule has 132 valence electrons. The molecule has 12 heteroatoms. The lowest BCUT2D eigenvalue weighted by molar-refractivity contribution is -0.424. The molecule has 1 aromatic carbocycles. The molecule has 0 aliphatic carbocycles. The summed E-state index contributed by atoms with van der Waals surface area (Å²) < 4.78 is 140. The molecule has 1 rings (SSSR count). The second-order valence-corrected chi connectivity index (χ2v) is 4.42. The quantitative estimate of drug-likeness (QED) is 0.604. The summed E-state index contributed by atoms with van der Waals surface area (Å²) in [5.41, 5.74) is 2.87. The normalized spacial score (nSPS) is 14.9. The predicted octanol–water partition coefficient (Wildman–Crippen LogP) is 4.83. The Morgan fingerprint density at radius 3 is 1.30 bits per heavy atom. The van der Waals surface area contributed by atoms with Crippen molar-refractivity contribution in [2.75, 3.05) is 5.73 Å². The molecule has 0 bridgehead atoms. The molecule has 0 fully saturated rings. The maximum atomic E-state index is 13.5. The van der Waals surface area contributed by atoms with Gasteiger partial charge in [-0.3, -0.25) is 0 Å². The van der Waals surface area contributed by atoms with Crippen LogP contribution < -0.4 is 5.73 Å². The first-order valence-electron chi connectivity index (χ1n) is 5.44. The van der Waals surface area contributed by atoms with E-state index in [0.717, 1.165) is 0 Å². The molecule has 0 unspecified atom stereocenters. The summed E-state index contributed by atoms with van der Waals surface area (Å²) in [5.74, 6) is -27.9. The first-order chi connectivity index (χ1) is 10.00. The number of hydrogen-bond donors (Lipinski definition) is 1. The number of anilines is 1. The van der Waals surface area contributed by atoms with E-state index < -0.39 is 35.4 Å². The minimum absolute atomic E-state index is 0.102. The van der Waals surface area contributed by atoms with E-state index in [2.05, 4.69) is 0 Å². The molecule has 0 aliphatic heterocycles. The molecule has 0 saturated carbocycles. The summed E-state index contributed by atoms with van der Waals surface area (Å²) in [5, 5.41) is 0. The number of hydrogen-bond acceptors (Lipinski definition) is 1. The molecule has 0 radical (unpaired) electrons. The van der Waals surface area contributed by atoms with Crippen molar-refractivity contribution in [1.82, 2.24) is 0 Å². The first kappa shape index (κ1) is 19.3. The summed E-state index contributed by atoms with van der Waals surface area (Å²) in [4.78, 5) is 0. The molecule has 0 amide bonds. The summed E-state index contributed by atoms with van der Waals surface area (Å²) in [6.45, 7) is 0. The molecule has 0 saturated heterocycles. The van der Waals surface area contributed by atoms with Gasteiger partial charge in [-0.1, -0.05) is 12.1 Å². The monoisotopic (exact) mass is 361 g/mol. The molecule has 0 aliphatic rings. The van der Waals surface area contributed by atoms with Crippen LogP contribution in [-0.4, -0.2) is 23.9 Å². The van der Waals surface area contributed by atoms with E-state index in [1.165, 1.54) is 0 Å². The van der Waals surface area contributed by atoms with Gasteiger partial charge in [0.2, 0.25) is 0 Å². The molecule has 0 spiro atoms. The van der Waals surface area contributed by atoms with E-state index in [1.807, 2.05) is 0 Å². The Morgan fingerprint density at radius 2 is 0.957 bits per heavy atom. The SMILES string of the molecule is Nc1ccc(C(F)(F)C(F)(F)C(F)(F)C(F)(F)C(F)(F)F)cc1. The summed E-state index contributed by atoms with van der Waals surface area (Å²) in [7, 11) is 0. The van der Waals surface area contributed by atoms with Crippen LogP contribution in [0.1, 0.15) is 5.56 Å². The van der Waals surface area contributed by atoms with Crippen LogP contribution in [0.2, 0.25) is 0 Å². The second-order valence-electron chi connectivity index (χ2n) is 4.42. The van der Waals surface area contributed by atoms with Crippen LogP contribution in [0.15, 0.2) is 24.3 Å². The number of halogens is 11. The number of benzene rings is 1. The fraction of sp³-hybridized carbons (Fsp3) is 0.455. The summed E-state index contributed by atoms with van der Waals surface area (Å²) >= 11 is 0. The topological polar surface area (TPSA) is 26.0 Å². The van der Waals surface area contributed by atoms with Gasteiger partial charge in [-0.15, -0.1) is 0 Å². The highest BCUT2D eigenvalue weighted by Gasteiger charge is 2.87. The van der Waals surface area contributed by atoms with Gasteiger partial charge in [0.1, 0.15) is 0 Å². The number of rotatable bonds is 4. The number of nitrogen functional groups attached to an aromatic ring is 1. The third-order valence-electron chi connectivity index (χ3n) is 2.81. The van der Waals surface area contributed by atoms with Gasteiger partial charge in [-0.2, -0.15) is 48.3 Å². The van der Waals surface area contributed by atoms with Crippen molar-refractivity contribution in [3.63, 3.8) is 0 Å². The highest BCUT2D eigenvalue weighted by molar-refractivity contribution is 5.41. The maximum Gasteiger partial charge on any atom is 0.460 e. The zero-order chi connectivity index (χ0) is 18.5. The molecule has 2 N–H and O–H groups in total. The fourth-order valence-electron chi connectivity index (χ4n) is 1.45. The molecule has 0 aromatic heterocycles. The third kappa shape index (κ3) is 2.67. The van der Waals surface area contributed by atoms with E-state index in [-0.39, 0.29) is 17.8 Å². The number of alkyl halides is 11. The van der Waals surface area contributed by atoms with E-state index in [4.69, 9.17) is 5.73 Å². The second kappa shape index (κ2) is 5.13. The largest absolute Gasteiger partial charge is 0.460 e. The molecule has 23 heavy (non-hydrogen) atoms. The Labute approximate surface area is 120 Å². The average molecular weight is 361 g/mol. The van der Waals surface area contributed by atoms with Crippen LogP contribution in [0.5, 0.6) is 0 Å². The van der Waals surface area contributed by atoms with Crippen LogP contribution >= 0.6 is 0 Å². The Balaban J connectivity index is 3.45. The van der Waals surface area contributed by atoms with Gasteiger partial charge in [0.25, 0.3) is 0 Å². The Kier molecular flexibility index (Phi) is 4.30. The van der Waals surface area contributed by atoms with E-state index >= 15 is 0 Å². The van der Waals surface area contributed by atoms with Crippen molar-refractivity contribution in [3.8, 4) is 0 Å². The molecule has 1 nitrogen and oxygen atoms in total. The van der Waals surface area contributed by atoms with E-state index in [1.54, 1.807) is 0 Å². The van der Waals surface area contributed by atoms with Gasteiger partial charge in [0.15, 0.2) is 0 Å². The van der Waals surface area contributed by atoms with Crippen molar-refractivity contribution in [2.45, 2.75) is 29.9 Å². The zero-order valence-corrected chi connectivity index (χ0v) is 10.5. The van der Waals surface area contributed by atoms with Crippen molar-refractivity contribution >= 4 is 5.69 Å². The van der Waals surface area contributed by atoms with Gasteiger partial charge < -0.3 is 5.73 Å². The average Bonchev–Trinajstić information content (AvgIpc) is 2.37. The van der Waals surface area contributed by atoms with Gasteiger partial charge in [-0.05, 0) is 12.1 Å². The molecular formula is C11H6F11N. The molecular weight excluding hydrogens is 355 g/mol. The smallest absolute Gasteiger partial charge is 0.399 e. The first-order valence-corrected chi connectivity index (χ1v) is 5.44. The van der Waals surface area contributed by atoms with Crippen molar-refractivity contribution in [2.24, 2.45) is 0 Å². The fourth-order valence-corrected chi connectivity index (χ4v) is 1.45. The minimum atomic E-state index is -7.41. The van der Waals surface area contributed by atoms with Gasteiger partial charge in [0.05, 0.1) is 0 Å². The third-order valence-corrected chi connectivity index (χ3v) is 2.81. The Bertz CT molecular complexity index is 558. The highest BCUT2D eigenvalue weighted by Crippen LogP contribution is 2.59. The van der Waals surface area contributed by atoms with E-state index in [9.17, 15) is 48.3 Å². The van der Waals surface area contributed by atoms with Crippen molar-refractivity contribution in [3.05, 3.63) is 29.8 Å². The van der Waals surface area contributed by atoms with Crippen molar-refractivity contribution in [1.29, 1.82) is 0 Å². The maximum absolute atomic E-state index is 13.5. The summed E-state index contributed by atoms with van der Waals surface area (Å²) in [6.07, 6.45) is -7.17. The lowest BCUT2D eigenvalue weighted by atomic mass is 9.93. The zero-order valence-electron chi connectivity index (χ0n) is 10.5. The lowest BCUT2D eigenvalue weighted by Gasteiger charge is -2.37. The number of nitrogens with two attached hydrogens (primary N) is 1. The van der Waals surface area contributed by atoms with Crippen LogP contribution in [0.3, 0.4) is 0 Å². The Morgan fingerprint density at radius 1 is 0.565 bits per heavy atom. The van der Waals surface area contributed by atoms with Gasteiger partial charge in [0, 0.05) is 11.3 Å². The Hall–Kier alpha value is -1.75. The van der Waals surface area contributed by atoms with Crippen LogP contribution in [-0.2, 0) is 5.92 Å².